The first-order valence-electron chi connectivity index (χ1n) is 6.75. The van der Waals surface area contributed by atoms with Crippen LogP contribution < -0.4 is 4.72 Å². The van der Waals surface area contributed by atoms with E-state index in [1.807, 2.05) is 6.07 Å². The Bertz CT molecular complexity index is 1000. The molecule has 1 aromatic heterocycles. The van der Waals surface area contributed by atoms with Gasteiger partial charge in [0, 0.05) is 27.8 Å². The molecule has 0 spiro atoms. The number of aromatic amines is 1. The van der Waals surface area contributed by atoms with Crippen LogP contribution >= 0.6 is 11.6 Å². The van der Waals surface area contributed by atoms with E-state index in [0.717, 1.165) is 5.56 Å². The smallest absolute Gasteiger partial charge is 0.264 e. The van der Waals surface area contributed by atoms with E-state index in [9.17, 15) is 8.42 Å². The lowest BCUT2D eigenvalue weighted by Crippen LogP contribution is -2.12. The molecule has 5 nitrogen and oxygen atoms in total. The van der Waals surface area contributed by atoms with Crippen molar-refractivity contribution in [1.82, 2.24) is 4.98 Å². The standard InChI is InChI=1S/C16H12ClN3O2S/c17-12-3-6-14-15(9-12)19-10-16(14)23(21,22)20-13-4-1-11(2-5-13)7-8-18/h1-6,9-10,19-20H,7H2. The second-order valence-corrected chi connectivity index (χ2v) is 7.07. The van der Waals surface area contributed by atoms with Crippen LogP contribution in [0.1, 0.15) is 5.56 Å². The van der Waals surface area contributed by atoms with Gasteiger partial charge in [-0.1, -0.05) is 23.7 Å². The number of nitrogens with zero attached hydrogens (tertiary/aromatic N) is 1. The maximum atomic E-state index is 12.6. The highest BCUT2D eigenvalue weighted by Crippen LogP contribution is 2.27. The van der Waals surface area contributed by atoms with Crippen molar-refractivity contribution >= 4 is 38.2 Å². The average Bonchev–Trinajstić information content (AvgIpc) is 2.93. The first-order valence-corrected chi connectivity index (χ1v) is 8.61. The summed E-state index contributed by atoms with van der Waals surface area (Å²) in [7, 11) is -3.72. The number of benzene rings is 2. The number of nitriles is 1. The molecular formula is C16H12ClN3O2S. The molecule has 23 heavy (non-hydrogen) atoms. The van der Waals surface area contributed by atoms with E-state index in [-0.39, 0.29) is 11.3 Å². The molecule has 0 aliphatic carbocycles. The maximum Gasteiger partial charge on any atom is 0.264 e. The molecule has 7 heteroatoms. The number of fused-ring (bicyclic) bond motifs is 1. The first kappa shape index (κ1) is 15.4. The van der Waals surface area contributed by atoms with Crippen molar-refractivity contribution in [3.63, 3.8) is 0 Å². The summed E-state index contributed by atoms with van der Waals surface area (Å²) in [5.74, 6) is 0. The molecule has 0 radical (unpaired) electrons. The SMILES string of the molecule is N#CCc1ccc(NS(=O)(=O)c2c[nH]c3cc(Cl)ccc23)cc1. The molecule has 3 rings (SSSR count). The zero-order chi connectivity index (χ0) is 16.4. The van der Waals surface area contributed by atoms with E-state index in [2.05, 4.69) is 9.71 Å². The zero-order valence-corrected chi connectivity index (χ0v) is 13.4. The summed E-state index contributed by atoms with van der Waals surface area (Å²) in [4.78, 5) is 3.06. The van der Waals surface area contributed by atoms with Crippen LogP contribution in [0, 0.1) is 11.3 Å². The van der Waals surface area contributed by atoms with Gasteiger partial charge in [-0.3, -0.25) is 4.72 Å². The molecule has 0 bridgehead atoms. The lowest BCUT2D eigenvalue weighted by atomic mass is 10.1. The van der Waals surface area contributed by atoms with Crippen LogP contribution in [0.4, 0.5) is 5.69 Å². The van der Waals surface area contributed by atoms with Crippen molar-refractivity contribution in [3.05, 3.63) is 59.2 Å². The zero-order valence-electron chi connectivity index (χ0n) is 11.9. The Kier molecular flexibility index (Phi) is 3.99. The van der Waals surface area contributed by atoms with Gasteiger partial charge >= 0.3 is 0 Å². The second-order valence-electron chi connectivity index (χ2n) is 4.98. The van der Waals surface area contributed by atoms with Gasteiger partial charge < -0.3 is 4.98 Å². The molecule has 116 valence electrons. The molecule has 0 aliphatic rings. The van der Waals surface area contributed by atoms with Crippen LogP contribution in [0.5, 0.6) is 0 Å². The number of anilines is 1. The van der Waals surface area contributed by atoms with Gasteiger partial charge in [0.05, 0.1) is 12.5 Å². The summed E-state index contributed by atoms with van der Waals surface area (Å²) < 4.78 is 27.6. The maximum absolute atomic E-state index is 12.6. The topological polar surface area (TPSA) is 85.8 Å². The fourth-order valence-electron chi connectivity index (χ4n) is 2.29. The second kappa shape index (κ2) is 5.95. The van der Waals surface area contributed by atoms with Crippen molar-refractivity contribution in [2.75, 3.05) is 4.72 Å². The molecule has 3 aromatic rings. The summed E-state index contributed by atoms with van der Waals surface area (Å²) in [6.07, 6.45) is 1.73. The summed E-state index contributed by atoms with van der Waals surface area (Å²) >= 11 is 5.90. The summed E-state index contributed by atoms with van der Waals surface area (Å²) in [6, 6.07) is 13.7. The Morgan fingerprint density at radius 2 is 1.91 bits per heavy atom. The van der Waals surface area contributed by atoms with Gasteiger partial charge in [0.1, 0.15) is 4.90 Å². The van der Waals surface area contributed by atoms with E-state index in [4.69, 9.17) is 16.9 Å². The molecule has 0 atom stereocenters. The van der Waals surface area contributed by atoms with E-state index < -0.39 is 10.0 Å². The highest BCUT2D eigenvalue weighted by Gasteiger charge is 2.19. The highest BCUT2D eigenvalue weighted by atomic mass is 35.5. The average molecular weight is 346 g/mol. The van der Waals surface area contributed by atoms with Crippen LogP contribution in [0.2, 0.25) is 5.02 Å². The summed E-state index contributed by atoms with van der Waals surface area (Å²) in [5.41, 5.74) is 1.93. The Morgan fingerprint density at radius 1 is 1.17 bits per heavy atom. The third-order valence-electron chi connectivity index (χ3n) is 3.38. The number of rotatable bonds is 4. The van der Waals surface area contributed by atoms with Crippen molar-refractivity contribution in [2.24, 2.45) is 0 Å². The Hall–Kier alpha value is -2.49. The van der Waals surface area contributed by atoms with Gasteiger partial charge in [-0.15, -0.1) is 0 Å². The predicted octanol–water partition coefficient (Wildman–Crippen LogP) is 3.69. The van der Waals surface area contributed by atoms with Gasteiger partial charge in [-0.05, 0) is 35.9 Å². The minimum Gasteiger partial charge on any atom is -0.360 e. The van der Waals surface area contributed by atoms with Crippen molar-refractivity contribution in [3.8, 4) is 6.07 Å². The molecule has 0 aliphatic heterocycles. The predicted molar refractivity (Wildman–Crippen MR) is 89.9 cm³/mol. The van der Waals surface area contributed by atoms with Crippen molar-refractivity contribution in [2.45, 2.75) is 11.3 Å². The lowest BCUT2D eigenvalue weighted by molar-refractivity contribution is 0.602. The Labute approximate surface area is 138 Å². The van der Waals surface area contributed by atoms with Crippen LogP contribution in [0.15, 0.2) is 53.6 Å². The molecule has 0 unspecified atom stereocenters. The van der Waals surface area contributed by atoms with Gasteiger partial charge in [0.15, 0.2) is 0 Å². The molecule has 2 N–H and O–H groups in total. The van der Waals surface area contributed by atoms with Crippen LogP contribution in [-0.4, -0.2) is 13.4 Å². The Balaban J connectivity index is 1.93. The molecule has 0 fully saturated rings. The van der Waals surface area contributed by atoms with E-state index in [1.165, 1.54) is 6.20 Å². The van der Waals surface area contributed by atoms with Crippen molar-refractivity contribution in [1.29, 1.82) is 5.26 Å². The molecule has 1 heterocycles. The third kappa shape index (κ3) is 3.16. The Morgan fingerprint density at radius 3 is 2.61 bits per heavy atom. The largest absolute Gasteiger partial charge is 0.360 e. The first-order chi connectivity index (χ1) is 11.0. The minimum atomic E-state index is -3.72. The third-order valence-corrected chi connectivity index (χ3v) is 5.04. The normalized spacial score (nSPS) is 11.3. The molecule has 2 aromatic carbocycles. The number of nitrogens with one attached hydrogen (secondary N) is 2. The van der Waals surface area contributed by atoms with E-state index in [0.29, 0.717) is 21.6 Å². The fraction of sp³-hybridized carbons (Fsp3) is 0.0625. The van der Waals surface area contributed by atoms with Gasteiger partial charge in [0.2, 0.25) is 0 Å². The summed E-state index contributed by atoms with van der Waals surface area (Å²) in [5, 5.41) is 9.75. The molecule has 0 saturated heterocycles. The van der Waals surface area contributed by atoms with E-state index in [1.54, 1.807) is 42.5 Å². The number of aromatic nitrogens is 1. The van der Waals surface area contributed by atoms with Gasteiger partial charge in [0.25, 0.3) is 10.0 Å². The number of halogens is 1. The van der Waals surface area contributed by atoms with E-state index >= 15 is 0 Å². The number of sulfonamides is 1. The molecule has 0 amide bonds. The number of H-pyrrole nitrogens is 1. The van der Waals surface area contributed by atoms with Crippen LogP contribution in [0.3, 0.4) is 0 Å². The molecule has 0 saturated carbocycles. The monoisotopic (exact) mass is 345 g/mol. The summed E-state index contributed by atoms with van der Waals surface area (Å²) in [6.45, 7) is 0. The minimum absolute atomic E-state index is 0.158. The highest BCUT2D eigenvalue weighted by molar-refractivity contribution is 7.93. The number of hydrogen-bond acceptors (Lipinski definition) is 3. The number of hydrogen-bond donors (Lipinski definition) is 2. The van der Waals surface area contributed by atoms with Gasteiger partial charge in [-0.2, -0.15) is 5.26 Å². The van der Waals surface area contributed by atoms with Crippen LogP contribution in [-0.2, 0) is 16.4 Å². The lowest BCUT2D eigenvalue weighted by Gasteiger charge is -2.07. The quantitative estimate of drug-likeness (QED) is 0.756. The van der Waals surface area contributed by atoms with Crippen LogP contribution in [0.25, 0.3) is 10.9 Å². The van der Waals surface area contributed by atoms with Crippen molar-refractivity contribution < 1.29 is 8.42 Å². The molecular weight excluding hydrogens is 334 g/mol. The van der Waals surface area contributed by atoms with Gasteiger partial charge in [-0.25, -0.2) is 8.42 Å². The fourth-order valence-corrected chi connectivity index (χ4v) is 3.70.